The maximum absolute atomic E-state index is 4.37. The summed E-state index contributed by atoms with van der Waals surface area (Å²) in [6, 6.07) is 9.23. The molecule has 0 amide bonds. The summed E-state index contributed by atoms with van der Waals surface area (Å²) >= 11 is 0. The largest absolute Gasteiger partial charge is 0.310 e. The number of aromatic nitrogens is 2. The van der Waals surface area contributed by atoms with Crippen LogP contribution in [0.5, 0.6) is 0 Å². The highest BCUT2D eigenvalue weighted by Gasteiger charge is 2.10. The molecule has 3 nitrogen and oxygen atoms in total. The van der Waals surface area contributed by atoms with Crippen LogP contribution in [-0.4, -0.2) is 15.8 Å². The molecule has 102 valence electrons. The molecule has 0 aliphatic rings. The average molecular weight is 257 g/mol. The van der Waals surface area contributed by atoms with Crippen LogP contribution in [0.3, 0.4) is 0 Å². The minimum absolute atomic E-state index is 0.491. The molecule has 0 aliphatic carbocycles. The second kappa shape index (κ2) is 6.02. The predicted octanol–water partition coefficient (Wildman–Crippen LogP) is 3.38. The maximum atomic E-state index is 4.37. The van der Waals surface area contributed by atoms with Crippen LogP contribution in [0.2, 0.25) is 0 Å². The van der Waals surface area contributed by atoms with Crippen molar-refractivity contribution in [2.75, 3.05) is 0 Å². The molecule has 1 heterocycles. The standard InChI is InChI=1S/C16H23N3/c1-5-19-16(8-9-18-19)15-10-13(4)6-7-14(15)11-17-12(2)3/h6-10,12,17H,5,11H2,1-4H3. The van der Waals surface area contributed by atoms with E-state index in [4.69, 9.17) is 0 Å². The van der Waals surface area contributed by atoms with Crippen LogP contribution < -0.4 is 5.32 Å². The summed E-state index contributed by atoms with van der Waals surface area (Å²) in [4.78, 5) is 0. The van der Waals surface area contributed by atoms with Gasteiger partial charge >= 0.3 is 0 Å². The van der Waals surface area contributed by atoms with Gasteiger partial charge in [-0.1, -0.05) is 31.5 Å². The fourth-order valence-electron chi connectivity index (χ4n) is 2.21. The monoisotopic (exact) mass is 257 g/mol. The van der Waals surface area contributed by atoms with E-state index >= 15 is 0 Å². The first kappa shape index (κ1) is 13.8. The molecule has 0 atom stereocenters. The Kier molecular flexibility index (Phi) is 4.38. The third-order valence-corrected chi connectivity index (χ3v) is 3.26. The molecule has 0 saturated carbocycles. The van der Waals surface area contributed by atoms with Crippen LogP contribution in [0.4, 0.5) is 0 Å². The Hall–Kier alpha value is -1.61. The van der Waals surface area contributed by atoms with Gasteiger partial charge in [0, 0.05) is 30.9 Å². The topological polar surface area (TPSA) is 29.9 Å². The van der Waals surface area contributed by atoms with Gasteiger partial charge in [0.05, 0.1) is 5.69 Å². The number of aryl methyl sites for hydroxylation is 2. The summed E-state index contributed by atoms with van der Waals surface area (Å²) in [5.41, 5.74) is 5.10. The first-order valence-corrected chi connectivity index (χ1v) is 6.97. The van der Waals surface area contributed by atoms with Gasteiger partial charge in [0.1, 0.15) is 0 Å². The first-order chi connectivity index (χ1) is 9.11. The van der Waals surface area contributed by atoms with E-state index < -0.39 is 0 Å². The molecule has 19 heavy (non-hydrogen) atoms. The van der Waals surface area contributed by atoms with Gasteiger partial charge in [0.2, 0.25) is 0 Å². The van der Waals surface area contributed by atoms with Crippen LogP contribution in [0.15, 0.2) is 30.5 Å². The SMILES string of the molecule is CCn1nccc1-c1cc(C)ccc1CNC(C)C. The van der Waals surface area contributed by atoms with E-state index in [2.05, 4.69) is 62.4 Å². The lowest BCUT2D eigenvalue weighted by molar-refractivity contribution is 0.588. The maximum Gasteiger partial charge on any atom is 0.0685 e. The van der Waals surface area contributed by atoms with Gasteiger partial charge in [-0.25, -0.2) is 0 Å². The normalized spacial score (nSPS) is 11.2. The van der Waals surface area contributed by atoms with Crippen molar-refractivity contribution >= 4 is 0 Å². The second-order valence-electron chi connectivity index (χ2n) is 5.23. The second-order valence-corrected chi connectivity index (χ2v) is 5.23. The molecule has 1 aromatic heterocycles. The van der Waals surface area contributed by atoms with Gasteiger partial charge in [-0.05, 0) is 31.5 Å². The summed E-state index contributed by atoms with van der Waals surface area (Å²) in [5.74, 6) is 0. The summed E-state index contributed by atoms with van der Waals surface area (Å²) < 4.78 is 2.05. The molecule has 2 aromatic rings. The summed E-state index contributed by atoms with van der Waals surface area (Å²) in [5, 5.41) is 7.86. The van der Waals surface area contributed by atoms with Crippen molar-refractivity contribution in [3.05, 3.63) is 41.6 Å². The lowest BCUT2D eigenvalue weighted by atomic mass is 10.0. The van der Waals surface area contributed by atoms with Crippen molar-refractivity contribution in [1.29, 1.82) is 0 Å². The fourth-order valence-corrected chi connectivity index (χ4v) is 2.21. The van der Waals surface area contributed by atoms with E-state index in [9.17, 15) is 0 Å². The van der Waals surface area contributed by atoms with E-state index in [1.54, 1.807) is 0 Å². The fraction of sp³-hybridized carbons (Fsp3) is 0.438. The van der Waals surface area contributed by atoms with Gasteiger partial charge in [0.25, 0.3) is 0 Å². The molecule has 0 fully saturated rings. The van der Waals surface area contributed by atoms with Gasteiger partial charge in [-0.2, -0.15) is 5.10 Å². The zero-order valence-corrected chi connectivity index (χ0v) is 12.3. The van der Waals surface area contributed by atoms with Crippen LogP contribution in [0.1, 0.15) is 31.9 Å². The number of hydrogen-bond acceptors (Lipinski definition) is 2. The zero-order valence-electron chi connectivity index (χ0n) is 12.3. The predicted molar refractivity (Wildman–Crippen MR) is 80.0 cm³/mol. The first-order valence-electron chi connectivity index (χ1n) is 6.97. The van der Waals surface area contributed by atoms with Crippen molar-refractivity contribution in [1.82, 2.24) is 15.1 Å². The molecular weight excluding hydrogens is 234 g/mol. The number of nitrogens with one attached hydrogen (secondary N) is 1. The molecule has 0 unspecified atom stereocenters. The smallest absolute Gasteiger partial charge is 0.0685 e. The Morgan fingerprint density at radius 3 is 2.74 bits per heavy atom. The number of benzene rings is 1. The van der Waals surface area contributed by atoms with E-state index in [1.165, 1.54) is 22.4 Å². The molecule has 3 heteroatoms. The third-order valence-electron chi connectivity index (χ3n) is 3.26. The molecule has 0 radical (unpaired) electrons. The summed E-state index contributed by atoms with van der Waals surface area (Å²) in [6.07, 6.45) is 1.88. The average Bonchev–Trinajstić information content (AvgIpc) is 2.85. The Morgan fingerprint density at radius 1 is 1.26 bits per heavy atom. The number of rotatable bonds is 5. The highest BCUT2D eigenvalue weighted by molar-refractivity contribution is 5.65. The molecule has 0 bridgehead atoms. The Balaban J connectivity index is 2.40. The molecule has 2 rings (SSSR count). The summed E-state index contributed by atoms with van der Waals surface area (Å²) in [7, 11) is 0. The summed E-state index contributed by atoms with van der Waals surface area (Å²) in [6.45, 7) is 10.4. The Labute approximate surface area is 115 Å². The zero-order chi connectivity index (χ0) is 13.8. The van der Waals surface area contributed by atoms with Crippen LogP contribution in [0.25, 0.3) is 11.3 Å². The Bertz CT molecular complexity index is 541. The van der Waals surface area contributed by atoms with Gasteiger partial charge in [-0.15, -0.1) is 0 Å². The lowest BCUT2D eigenvalue weighted by Crippen LogP contribution is -2.22. The molecule has 1 N–H and O–H groups in total. The molecule has 1 aromatic carbocycles. The van der Waals surface area contributed by atoms with E-state index in [0.717, 1.165) is 13.1 Å². The van der Waals surface area contributed by atoms with E-state index in [-0.39, 0.29) is 0 Å². The van der Waals surface area contributed by atoms with Crippen molar-refractivity contribution < 1.29 is 0 Å². The van der Waals surface area contributed by atoms with Gasteiger partial charge < -0.3 is 5.32 Å². The minimum Gasteiger partial charge on any atom is -0.310 e. The van der Waals surface area contributed by atoms with Crippen molar-refractivity contribution in [2.24, 2.45) is 0 Å². The highest BCUT2D eigenvalue weighted by Crippen LogP contribution is 2.25. The Morgan fingerprint density at radius 2 is 2.05 bits per heavy atom. The molecular formula is C16H23N3. The van der Waals surface area contributed by atoms with Crippen molar-refractivity contribution in [3.8, 4) is 11.3 Å². The molecule has 0 spiro atoms. The van der Waals surface area contributed by atoms with Gasteiger partial charge in [0.15, 0.2) is 0 Å². The quantitative estimate of drug-likeness (QED) is 0.890. The minimum atomic E-state index is 0.491. The third kappa shape index (κ3) is 3.24. The molecule has 0 aliphatic heterocycles. The number of nitrogens with zero attached hydrogens (tertiary/aromatic N) is 2. The molecule has 0 saturated heterocycles. The van der Waals surface area contributed by atoms with Crippen molar-refractivity contribution in [2.45, 2.75) is 46.8 Å². The van der Waals surface area contributed by atoms with Crippen molar-refractivity contribution in [3.63, 3.8) is 0 Å². The highest BCUT2D eigenvalue weighted by atomic mass is 15.3. The van der Waals surface area contributed by atoms with Crippen LogP contribution in [0, 0.1) is 6.92 Å². The lowest BCUT2D eigenvalue weighted by Gasteiger charge is -2.14. The van der Waals surface area contributed by atoms with E-state index in [0.29, 0.717) is 6.04 Å². The van der Waals surface area contributed by atoms with E-state index in [1.807, 2.05) is 10.9 Å². The van der Waals surface area contributed by atoms with Gasteiger partial charge in [-0.3, -0.25) is 4.68 Å². The van der Waals surface area contributed by atoms with Crippen LogP contribution >= 0.6 is 0 Å². The number of hydrogen-bond donors (Lipinski definition) is 1. The van der Waals surface area contributed by atoms with Crippen LogP contribution in [-0.2, 0) is 13.1 Å².